The predicted molar refractivity (Wildman–Crippen MR) is 480 cm³/mol. The van der Waals surface area contributed by atoms with Gasteiger partial charge in [-0.25, -0.2) is 31.2 Å². The molecule has 634 valence electrons. The van der Waals surface area contributed by atoms with Crippen molar-refractivity contribution in [3.8, 4) is 45.7 Å². The van der Waals surface area contributed by atoms with Crippen molar-refractivity contribution >= 4 is 154 Å². The van der Waals surface area contributed by atoms with Crippen LogP contribution in [-0.2, 0) is 82.0 Å². The van der Waals surface area contributed by atoms with Crippen LogP contribution in [0.4, 0.5) is 17.1 Å². The van der Waals surface area contributed by atoms with Crippen LogP contribution in [0.15, 0.2) is 151 Å². The number of halogens is 4. The monoisotopic (exact) mass is 1870 g/mol. The number of aliphatic hydroxyl groups is 2. The number of aromatic nitrogens is 6. The molecule has 3 N–H and O–H groups in total. The van der Waals surface area contributed by atoms with E-state index in [0.29, 0.717) is 87.8 Å². The van der Waals surface area contributed by atoms with Gasteiger partial charge in [-0.15, -0.1) is 0 Å². The lowest BCUT2D eigenvalue weighted by molar-refractivity contribution is 0.00332. The van der Waals surface area contributed by atoms with Gasteiger partial charge < -0.3 is 62.1 Å². The lowest BCUT2D eigenvalue weighted by atomic mass is 9.79. The Morgan fingerprint density at radius 2 is 0.932 bits per heavy atom. The number of anilines is 1. The average molecular weight is 1870 g/mol. The van der Waals surface area contributed by atoms with Gasteiger partial charge in [0.2, 0.25) is 0 Å². The van der Waals surface area contributed by atoms with Crippen LogP contribution in [0.3, 0.4) is 0 Å². The number of benzene rings is 5. The minimum absolute atomic E-state index is 0.207. The van der Waals surface area contributed by atoms with E-state index in [9.17, 15) is 22.8 Å². The van der Waals surface area contributed by atoms with Crippen molar-refractivity contribution in [2.24, 2.45) is 8.73 Å². The summed E-state index contributed by atoms with van der Waals surface area (Å²) in [5.74, 6) is 0. The van der Waals surface area contributed by atoms with Gasteiger partial charge in [-0.3, -0.25) is 9.13 Å². The number of fused-ring (bicyclic) bond motifs is 4. The molecule has 117 heavy (non-hydrogen) atoms. The molecule has 9 aromatic rings. The summed E-state index contributed by atoms with van der Waals surface area (Å²) in [6, 6.07) is 45.0. The van der Waals surface area contributed by atoms with E-state index in [1.54, 1.807) is 39.5 Å². The molecule has 3 unspecified atom stereocenters. The minimum Gasteiger partial charge on any atom is -0.456 e. The molecule has 0 amide bonds. The zero-order chi connectivity index (χ0) is 84.7. The summed E-state index contributed by atoms with van der Waals surface area (Å²) >= 11 is 20.2. The molecule has 26 nitrogen and oxygen atoms in total. The summed E-state index contributed by atoms with van der Waals surface area (Å²) in [5.41, 5.74) is 9.68. The third-order valence-electron chi connectivity index (χ3n) is 20.8. The smallest absolute Gasteiger partial charge is 0.456 e. The number of imidazole rings is 2. The maximum Gasteiger partial charge on any atom is 0.494 e. The Kier molecular flexibility index (Phi) is 30.9. The highest BCUT2D eigenvalue weighted by Crippen LogP contribution is 2.40. The Morgan fingerprint density at radius 3 is 1.32 bits per heavy atom. The van der Waals surface area contributed by atoms with Crippen LogP contribution in [0, 0.1) is 0 Å². The first-order valence-corrected chi connectivity index (χ1v) is 53.9. The highest BCUT2D eigenvalue weighted by Gasteiger charge is 2.53. The first-order valence-electron chi connectivity index (χ1n) is 38.8. The van der Waals surface area contributed by atoms with Gasteiger partial charge in [0.1, 0.15) is 91.9 Å². The molecule has 5 aliphatic rings. The normalized spacial score (nSPS) is 21.9. The molecule has 5 saturated heterocycles. The zero-order valence-corrected chi connectivity index (χ0v) is 78.4. The lowest BCUT2D eigenvalue weighted by Gasteiger charge is -2.32. The molecule has 0 bridgehead atoms. The molecule has 0 saturated carbocycles. The van der Waals surface area contributed by atoms with E-state index in [2.05, 4.69) is 84.6 Å². The molecule has 36 heteroatoms. The van der Waals surface area contributed by atoms with Crippen molar-refractivity contribution in [1.29, 1.82) is 0 Å². The van der Waals surface area contributed by atoms with Crippen molar-refractivity contribution in [3.05, 3.63) is 152 Å². The van der Waals surface area contributed by atoms with Gasteiger partial charge in [0.15, 0.2) is 23.5 Å². The Hall–Kier alpha value is -5.65. The topological polar surface area (TPSA) is 289 Å². The highest BCUT2D eigenvalue weighted by molar-refractivity contribution is 9.10. The summed E-state index contributed by atoms with van der Waals surface area (Å²) < 4.78 is 117. The van der Waals surface area contributed by atoms with Crippen molar-refractivity contribution in [3.63, 3.8) is 0 Å². The second kappa shape index (κ2) is 39.2. The molecule has 0 radical (unpaired) electrons. The standard InChI is InChI=1S/C34H44ClN5O6SSi.C30H41BClN3O7Si.C10H15BrN2OS.C7H8BrNOS/c1-7-39(2)47(3,42)38-25-14-12-23(13-15-25)22-8-10-24(11-9-22)30-26(35)18-27-33(37-30)40(21-43-16-17-48(4,5)6)34(36-27)46-29-20-45-31-28(41)19-44-32(29)31;1-29(2)30(3,4)42-31(41-29)19-10-8-18(9-11-19)24-20(32)14-21-27(34-24)35(17-37-12-13-43(5,6)7)28(33-21)40-23-16-39-25-22(36)15-38-26(23)25;1-4-13(2)15(3,14)12-10-7-5-9(11)6-8-10;1-11(10)9-7-4-2-6(8)3-5-7/h8-15,18,28-29,31-32,41H,7,16-17,19-21H2,1-6H3;8-11,14,22-23,25-26,36H,12-13,15-17H2,1-7H3;5-8H,4H2,1-3H3;2-5,9H,1H3/t28-,29-,31-,32-,47?;22-,23-,25-,26-;;/m11../s1. The number of nitrogens with zero attached hydrogens (tertiary/aromatic N) is 10. The number of pyridine rings is 2. The summed E-state index contributed by atoms with van der Waals surface area (Å²) in [7, 11) is -5.16. The number of ether oxygens (including phenoxy) is 8. The Morgan fingerprint density at radius 1 is 0.573 bits per heavy atom. The molecule has 9 heterocycles. The lowest BCUT2D eigenvalue weighted by Crippen LogP contribution is -2.41. The van der Waals surface area contributed by atoms with Gasteiger partial charge in [-0.2, -0.15) is 18.7 Å². The molecule has 5 aliphatic heterocycles. The number of hydrogen-bond acceptors (Lipinski definition) is 21. The molecule has 4 aromatic heterocycles. The van der Waals surface area contributed by atoms with Gasteiger partial charge in [0.05, 0.1) is 70.4 Å². The second-order valence-electron chi connectivity index (χ2n) is 32.8. The maximum atomic E-state index is 12.9. The summed E-state index contributed by atoms with van der Waals surface area (Å²) in [5, 5.41) is 21.3. The second-order valence-corrected chi connectivity index (χ2v) is 52.4. The molecule has 0 spiro atoms. The molecule has 11 atom stereocenters. The first kappa shape index (κ1) is 92.1. The maximum absolute atomic E-state index is 12.9. The predicted octanol–water partition coefficient (Wildman–Crippen LogP) is 15.7. The fourth-order valence-electron chi connectivity index (χ4n) is 12.8. The third-order valence-corrected chi connectivity index (χ3v) is 30.3. The van der Waals surface area contributed by atoms with Crippen LogP contribution < -0.4 is 19.7 Å². The third kappa shape index (κ3) is 23.8. The number of hydrogen-bond donors (Lipinski definition) is 3. The molecule has 5 aromatic carbocycles. The fraction of sp³-hybridized carbons (Fsp3) is 0.481. The van der Waals surface area contributed by atoms with E-state index in [0.717, 1.165) is 66.7 Å². The number of nitrogens with one attached hydrogen (secondary N) is 1. The molecule has 0 aliphatic carbocycles. The van der Waals surface area contributed by atoms with E-state index in [4.69, 9.17) is 90.3 Å². The van der Waals surface area contributed by atoms with Crippen molar-refractivity contribution in [2.45, 2.75) is 166 Å². The van der Waals surface area contributed by atoms with Crippen LogP contribution in [-0.4, -0.2) is 229 Å². The summed E-state index contributed by atoms with van der Waals surface area (Å²) in [4.78, 5) is 19.5. The molecular weight excluding hydrogens is 1760 g/mol. The van der Waals surface area contributed by atoms with Gasteiger partial charge in [-0.1, -0.05) is 169 Å². The van der Waals surface area contributed by atoms with Crippen molar-refractivity contribution < 1.29 is 70.0 Å². The number of rotatable bonds is 26. The summed E-state index contributed by atoms with van der Waals surface area (Å²) in [6.45, 7) is 30.0. The van der Waals surface area contributed by atoms with Crippen LogP contribution in [0.1, 0.15) is 41.5 Å². The Balaban J connectivity index is 0.000000176. The first-order chi connectivity index (χ1) is 55.2. The van der Waals surface area contributed by atoms with E-state index < -0.39 is 102 Å². The Labute approximate surface area is 719 Å². The minimum atomic E-state index is -2.47. The van der Waals surface area contributed by atoms with Crippen LogP contribution >= 0.6 is 55.1 Å². The van der Waals surface area contributed by atoms with E-state index in [-0.39, 0.29) is 45.5 Å². The van der Waals surface area contributed by atoms with E-state index >= 15 is 0 Å². The molecular formula is C81H108BBr2Cl2N11O15S3Si2. The average Bonchev–Trinajstić information content (AvgIpc) is 1.64. The fourth-order valence-corrected chi connectivity index (χ4v) is 18.0. The van der Waals surface area contributed by atoms with E-state index in [1.165, 1.54) is 0 Å². The van der Waals surface area contributed by atoms with Gasteiger partial charge >= 0.3 is 19.1 Å². The SMILES string of the molecule is CC1(C)OB(c2ccc(-c3nc4c(cc3Cl)nc(O[C@@H]3CO[C@H]5[C@@H]3OC[C@H]5O)n4COCC[Si](C)(C)C)cc2)OC1(C)C.CCN(C)S(C)(=O)=Nc1ccc(-c2ccc(-c3nc4c(cc3Cl)nc(O[C@@H]3CO[C@H]5[C@@H]3OC[C@H]5O)n4COCC[Si](C)(C)C)cc2)cc1.CCN(C)S(C)(=O)=Nc1ccc(Br)cc1.CS(=O)Nc1ccc(Br)cc1. The van der Waals surface area contributed by atoms with Gasteiger partial charge in [0.25, 0.3) is 0 Å². The Bertz CT molecular complexity index is 5160. The van der Waals surface area contributed by atoms with Crippen LogP contribution in [0.5, 0.6) is 12.0 Å². The van der Waals surface area contributed by atoms with Crippen molar-refractivity contribution in [1.82, 2.24) is 37.7 Å². The van der Waals surface area contributed by atoms with Crippen molar-refractivity contribution in [2.75, 3.05) is 90.3 Å². The van der Waals surface area contributed by atoms with E-state index in [1.807, 2.05) is 186 Å². The zero-order valence-electron chi connectivity index (χ0n) is 69.3. The molecule has 14 rings (SSSR count). The van der Waals surface area contributed by atoms with Crippen LogP contribution in [0.2, 0.25) is 61.4 Å². The van der Waals surface area contributed by atoms with Gasteiger partial charge in [0, 0.05) is 101 Å². The highest BCUT2D eigenvalue weighted by atomic mass is 79.9. The number of aliphatic hydroxyl groups excluding tert-OH is 2. The largest absolute Gasteiger partial charge is 0.494 e. The quantitative estimate of drug-likeness (QED) is 0.0335. The summed E-state index contributed by atoms with van der Waals surface area (Å²) in [6.07, 6.45) is 1.13. The molecule has 5 fully saturated rings. The van der Waals surface area contributed by atoms with Gasteiger partial charge in [-0.05, 0) is 129 Å². The van der Waals surface area contributed by atoms with Crippen LogP contribution in [0.25, 0.3) is 56.0 Å².